The molecule has 0 aromatic carbocycles. The third kappa shape index (κ3) is 1.77. The molecule has 0 radical (unpaired) electrons. The minimum atomic E-state index is -1.02. The molecule has 0 aliphatic carbocycles. The fourth-order valence-electron chi connectivity index (χ4n) is 1.60. The first-order valence-electron chi connectivity index (χ1n) is 4.79. The highest BCUT2D eigenvalue weighted by Crippen LogP contribution is 2.25. The second-order valence-electron chi connectivity index (χ2n) is 3.39. The van der Waals surface area contributed by atoms with E-state index in [9.17, 15) is 4.79 Å². The lowest BCUT2D eigenvalue weighted by Gasteiger charge is -2.08. The topological polar surface area (TPSA) is 63.1 Å². The van der Waals surface area contributed by atoms with Crippen LogP contribution in [0, 0.1) is 6.92 Å². The number of rotatable bonds is 2. The minimum absolute atomic E-state index is 0.0752. The maximum atomic E-state index is 11.1. The van der Waals surface area contributed by atoms with Crippen LogP contribution in [0.1, 0.15) is 16.1 Å². The van der Waals surface area contributed by atoms with E-state index in [0.29, 0.717) is 5.56 Å². The summed E-state index contributed by atoms with van der Waals surface area (Å²) in [5.41, 5.74) is 2.43. The molecule has 16 heavy (non-hydrogen) atoms. The number of hydrogen-bond acceptors (Lipinski definition) is 3. The predicted octanol–water partition coefficient (Wildman–Crippen LogP) is 2.15. The third-order valence-corrected chi connectivity index (χ3v) is 2.33. The van der Waals surface area contributed by atoms with Gasteiger partial charge in [-0.2, -0.15) is 0 Å². The van der Waals surface area contributed by atoms with Gasteiger partial charge in [-0.05, 0) is 36.2 Å². The number of carboxylic acids is 1. The molecule has 0 aliphatic rings. The maximum absolute atomic E-state index is 11.1. The van der Waals surface area contributed by atoms with Gasteiger partial charge in [-0.15, -0.1) is 0 Å². The highest BCUT2D eigenvalue weighted by Gasteiger charge is 2.14. The molecule has 2 heterocycles. The molecule has 0 spiro atoms. The lowest BCUT2D eigenvalue weighted by atomic mass is 10.0. The molecule has 0 bridgehead atoms. The van der Waals surface area contributed by atoms with E-state index < -0.39 is 5.97 Å². The molecule has 0 saturated heterocycles. The average molecular weight is 214 g/mol. The molecular weight excluding hydrogens is 204 g/mol. The molecule has 4 heteroatoms. The number of pyridine rings is 2. The number of carboxylic acid groups (broad SMARTS) is 1. The van der Waals surface area contributed by atoms with Gasteiger partial charge in [0.2, 0.25) is 0 Å². The van der Waals surface area contributed by atoms with Crippen LogP contribution in [0.5, 0.6) is 0 Å². The van der Waals surface area contributed by atoms with Crippen LogP contribution in [-0.2, 0) is 0 Å². The van der Waals surface area contributed by atoms with Gasteiger partial charge in [0, 0.05) is 24.2 Å². The average Bonchev–Trinajstić information content (AvgIpc) is 2.29. The Hall–Kier alpha value is -2.23. The second-order valence-corrected chi connectivity index (χ2v) is 3.39. The Morgan fingerprint density at radius 3 is 2.50 bits per heavy atom. The molecule has 1 N–H and O–H groups in total. The summed E-state index contributed by atoms with van der Waals surface area (Å²) in [7, 11) is 0. The van der Waals surface area contributed by atoms with Crippen molar-refractivity contribution >= 4 is 5.97 Å². The van der Waals surface area contributed by atoms with Crippen molar-refractivity contribution in [1.82, 2.24) is 9.97 Å². The van der Waals surface area contributed by atoms with E-state index in [1.54, 1.807) is 30.6 Å². The first-order valence-corrected chi connectivity index (χ1v) is 4.79. The van der Waals surface area contributed by atoms with Crippen molar-refractivity contribution < 1.29 is 9.90 Å². The van der Waals surface area contributed by atoms with E-state index >= 15 is 0 Å². The molecule has 0 atom stereocenters. The van der Waals surface area contributed by atoms with Crippen LogP contribution in [0.25, 0.3) is 11.1 Å². The van der Waals surface area contributed by atoms with Gasteiger partial charge in [0.15, 0.2) is 5.69 Å². The summed E-state index contributed by atoms with van der Waals surface area (Å²) in [4.78, 5) is 18.9. The molecule has 80 valence electrons. The zero-order chi connectivity index (χ0) is 11.5. The first-order chi connectivity index (χ1) is 7.70. The van der Waals surface area contributed by atoms with Gasteiger partial charge in [0.25, 0.3) is 0 Å². The summed E-state index contributed by atoms with van der Waals surface area (Å²) < 4.78 is 0. The zero-order valence-electron chi connectivity index (χ0n) is 8.71. The Morgan fingerprint density at radius 1 is 1.19 bits per heavy atom. The third-order valence-electron chi connectivity index (χ3n) is 2.33. The van der Waals surface area contributed by atoms with Crippen molar-refractivity contribution in [1.29, 1.82) is 0 Å². The van der Waals surface area contributed by atoms with Gasteiger partial charge in [0.1, 0.15) is 0 Å². The summed E-state index contributed by atoms with van der Waals surface area (Å²) in [6.07, 6.45) is 4.77. The number of aryl methyl sites for hydroxylation is 1. The smallest absolute Gasteiger partial charge is 0.355 e. The molecule has 0 aliphatic heterocycles. The Bertz CT molecular complexity index is 524. The Labute approximate surface area is 92.6 Å². The van der Waals surface area contributed by atoms with E-state index in [1.807, 2.05) is 6.92 Å². The largest absolute Gasteiger partial charge is 0.476 e. The zero-order valence-corrected chi connectivity index (χ0v) is 8.71. The van der Waals surface area contributed by atoms with E-state index in [0.717, 1.165) is 11.1 Å². The predicted molar refractivity (Wildman–Crippen MR) is 59.2 cm³/mol. The second kappa shape index (κ2) is 4.10. The van der Waals surface area contributed by atoms with Gasteiger partial charge in [-0.25, -0.2) is 9.78 Å². The number of carbonyl (C=O) groups is 1. The van der Waals surface area contributed by atoms with Crippen molar-refractivity contribution in [3.63, 3.8) is 0 Å². The maximum Gasteiger partial charge on any atom is 0.355 e. The standard InChI is InChI=1S/C12H10N2O2/c1-8-2-7-14-11(12(15)16)10(8)9-3-5-13-6-4-9/h2-7H,1H3,(H,15,16). The van der Waals surface area contributed by atoms with Crippen LogP contribution in [0.3, 0.4) is 0 Å². The van der Waals surface area contributed by atoms with E-state index in [-0.39, 0.29) is 5.69 Å². The SMILES string of the molecule is Cc1ccnc(C(=O)O)c1-c1ccncc1. The minimum Gasteiger partial charge on any atom is -0.476 e. The van der Waals surface area contributed by atoms with E-state index in [2.05, 4.69) is 9.97 Å². The molecule has 0 fully saturated rings. The van der Waals surface area contributed by atoms with Crippen molar-refractivity contribution in [3.05, 3.63) is 48.0 Å². The molecule has 2 aromatic rings. The van der Waals surface area contributed by atoms with Crippen LogP contribution in [0.15, 0.2) is 36.8 Å². The molecule has 2 aromatic heterocycles. The van der Waals surface area contributed by atoms with Crippen LogP contribution in [0.2, 0.25) is 0 Å². The van der Waals surface area contributed by atoms with Gasteiger partial charge < -0.3 is 5.11 Å². The van der Waals surface area contributed by atoms with Crippen LogP contribution in [0.4, 0.5) is 0 Å². The van der Waals surface area contributed by atoms with Crippen molar-refractivity contribution in [3.8, 4) is 11.1 Å². The Kier molecular flexibility index (Phi) is 2.64. The number of hydrogen-bond donors (Lipinski definition) is 1. The van der Waals surface area contributed by atoms with E-state index in [1.165, 1.54) is 6.20 Å². The van der Waals surface area contributed by atoms with Crippen molar-refractivity contribution in [2.24, 2.45) is 0 Å². The van der Waals surface area contributed by atoms with Crippen LogP contribution >= 0.6 is 0 Å². The molecular formula is C12H10N2O2. The van der Waals surface area contributed by atoms with E-state index in [4.69, 9.17) is 5.11 Å². The number of aromatic nitrogens is 2. The lowest BCUT2D eigenvalue weighted by molar-refractivity contribution is 0.0691. The molecule has 0 saturated carbocycles. The highest BCUT2D eigenvalue weighted by atomic mass is 16.4. The van der Waals surface area contributed by atoms with Crippen molar-refractivity contribution in [2.45, 2.75) is 6.92 Å². The van der Waals surface area contributed by atoms with Gasteiger partial charge in [0.05, 0.1) is 0 Å². The fraction of sp³-hybridized carbons (Fsp3) is 0.0833. The first kappa shape index (κ1) is 10.3. The van der Waals surface area contributed by atoms with Crippen LogP contribution < -0.4 is 0 Å². The van der Waals surface area contributed by atoms with Crippen molar-refractivity contribution in [2.75, 3.05) is 0 Å². The molecule has 0 unspecified atom stereocenters. The quantitative estimate of drug-likeness (QED) is 0.831. The Morgan fingerprint density at radius 2 is 1.88 bits per heavy atom. The highest BCUT2D eigenvalue weighted by molar-refractivity contribution is 5.94. The number of nitrogens with zero attached hydrogens (tertiary/aromatic N) is 2. The Balaban J connectivity index is 2.68. The van der Waals surface area contributed by atoms with Crippen LogP contribution in [-0.4, -0.2) is 21.0 Å². The molecule has 4 nitrogen and oxygen atoms in total. The monoisotopic (exact) mass is 214 g/mol. The summed E-state index contributed by atoms with van der Waals surface area (Å²) in [5, 5.41) is 9.07. The summed E-state index contributed by atoms with van der Waals surface area (Å²) in [6, 6.07) is 5.34. The van der Waals surface area contributed by atoms with Gasteiger partial charge in [-0.3, -0.25) is 4.98 Å². The summed E-state index contributed by atoms with van der Waals surface area (Å²) in [5.74, 6) is -1.02. The van der Waals surface area contributed by atoms with Gasteiger partial charge in [-0.1, -0.05) is 0 Å². The summed E-state index contributed by atoms with van der Waals surface area (Å²) >= 11 is 0. The molecule has 2 rings (SSSR count). The number of aromatic carboxylic acids is 1. The van der Waals surface area contributed by atoms with Gasteiger partial charge >= 0.3 is 5.97 Å². The lowest BCUT2D eigenvalue weighted by Crippen LogP contribution is -2.04. The molecule has 0 amide bonds. The fourth-order valence-corrected chi connectivity index (χ4v) is 1.60. The summed E-state index contributed by atoms with van der Waals surface area (Å²) in [6.45, 7) is 1.86. The normalized spacial score (nSPS) is 10.1.